The van der Waals surface area contributed by atoms with Gasteiger partial charge in [-0.2, -0.15) is 5.26 Å². The molecule has 3 rings (SSSR count). The van der Waals surface area contributed by atoms with Gasteiger partial charge in [-0.25, -0.2) is 4.79 Å². The SMILES string of the molecule is CCOC(=O)c1ccc(NC(=O)/C(C#N)=C/c2cc(Br)ccc2OCc2ccc(C)cc2)cc1. The number of esters is 1. The fourth-order valence-corrected chi connectivity index (χ4v) is 3.39. The lowest BCUT2D eigenvalue weighted by Crippen LogP contribution is -2.14. The third-order valence-corrected chi connectivity index (χ3v) is 5.30. The van der Waals surface area contributed by atoms with Crippen molar-refractivity contribution in [3.05, 3.63) is 99.0 Å². The van der Waals surface area contributed by atoms with Crippen LogP contribution in [0.5, 0.6) is 5.75 Å². The largest absolute Gasteiger partial charge is 0.488 e. The zero-order valence-corrected chi connectivity index (χ0v) is 20.4. The molecule has 0 bridgehead atoms. The number of ether oxygens (including phenoxy) is 2. The molecule has 0 heterocycles. The summed E-state index contributed by atoms with van der Waals surface area (Å²) in [7, 11) is 0. The number of carbonyl (C=O) groups is 2. The molecule has 0 aliphatic heterocycles. The predicted octanol–water partition coefficient (Wildman–Crippen LogP) is 6.06. The summed E-state index contributed by atoms with van der Waals surface area (Å²) in [5.74, 6) is -0.468. The van der Waals surface area contributed by atoms with Crippen LogP contribution in [0.1, 0.15) is 34.0 Å². The van der Waals surface area contributed by atoms with E-state index in [0.29, 0.717) is 29.2 Å². The lowest BCUT2D eigenvalue weighted by Gasteiger charge is -2.11. The Hall–Kier alpha value is -3.89. The van der Waals surface area contributed by atoms with E-state index in [-0.39, 0.29) is 12.2 Å². The first kappa shape index (κ1) is 24.7. The highest BCUT2D eigenvalue weighted by atomic mass is 79.9. The molecule has 6 nitrogen and oxygen atoms in total. The average Bonchev–Trinajstić information content (AvgIpc) is 2.83. The summed E-state index contributed by atoms with van der Waals surface area (Å²) in [5.41, 5.74) is 3.49. The number of nitrogens with zero attached hydrogens (tertiary/aromatic N) is 1. The van der Waals surface area contributed by atoms with Crippen LogP contribution in [0.3, 0.4) is 0 Å². The Balaban J connectivity index is 1.76. The molecule has 0 aliphatic carbocycles. The first-order chi connectivity index (χ1) is 16.4. The number of carbonyl (C=O) groups excluding carboxylic acids is 2. The van der Waals surface area contributed by atoms with Crippen molar-refractivity contribution >= 4 is 39.6 Å². The van der Waals surface area contributed by atoms with Crippen molar-refractivity contribution in [3.8, 4) is 11.8 Å². The Morgan fingerprint density at radius 1 is 1.06 bits per heavy atom. The monoisotopic (exact) mass is 518 g/mol. The van der Waals surface area contributed by atoms with Gasteiger partial charge in [0.05, 0.1) is 12.2 Å². The Morgan fingerprint density at radius 3 is 2.41 bits per heavy atom. The van der Waals surface area contributed by atoms with Gasteiger partial charge in [0.15, 0.2) is 0 Å². The second-order valence-corrected chi connectivity index (χ2v) is 8.29. The molecule has 0 fully saturated rings. The van der Waals surface area contributed by atoms with E-state index < -0.39 is 11.9 Å². The van der Waals surface area contributed by atoms with Crippen LogP contribution in [-0.2, 0) is 16.1 Å². The van der Waals surface area contributed by atoms with E-state index in [1.807, 2.05) is 43.3 Å². The molecule has 0 aromatic heterocycles. The number of nitriles is 1. The smallest absolute Gasteiger partial charge is 0.338 e. The van der Waals surface area contributed by atoms with Crippen molar-refractivity contribution in [2.75, 3.05) is 11.9 Å². The van der Waals surface area contributed by atoms with Gasteiger partial charge in [-0.15, -0.1) is 0 Å². The topological polar surface area (TPSA) is 88.4 Å². The van der Waals surface area contributed by atoms with Crippen LogP contribution in [0.2, 0.25) is 0 Å². The third kappa shape index (κ3) is 6.80. The average molecular weight is 519 g/mol. The van der Waals surface area contributed by atoms with Gasteiger partial charge in [0.25, 0.3) is 5.91 Å². The first-order valence-corrected chi connectivity index (χ1v) is 11.4. The van der Waals surface area contributed by atoms with Gasteiger partial charge in [0.1, 0.15) is 24.0 Å². The molecule has 3 aromatic rings. The highest BCUT2D eigenvalue weighted by Crippen LogP contribution is 2.27. The quantitative estimate of drug-likeness (QED) is 0.222. The number of benzene rings is 3. The number of anilines is 1. The van der Waals surface area contributed by atoms with E-state index in [2.05, 4.69) is 21.2 Å². The summed E-state index contributed by atoms with van der Waals surface area (Å²) in [6, 6.07) is 21.6. The second-order valence-electron chi connectivity index (χ2n) is 7.38. The van der Waals surface area contributed by atoms with E-state index in [1.54, 1.807) is 43.3 Å². The van der Waals surface area contributed by atoms with E-state index in [4.69, 9.17) is 9.47 Å². The molecule has 0 unspecified atom stereocenters. The molecule has 0 atom stereocenters. The minimum atomic E-state index is -0.573. The van der Waals surface area contributed by atoms with Crippen molar-refractivity contribution in [1.29, 1.82) is 5.26 Å². The zero-order valence-electron chi connectivity index (χ0n) is 18.8. The molecule has 3 aromatic carbocycles. The summed E-state index contributed by atoms with van der Waals surface area (Å²) in [5, 5.41) is 12.3. The number of hydrogen-bond acceptors (Lipinski definition) is 5. The first-order valence-electron chi connectivity index (χ1n) is 10.6. The number of hydrogen-bond donors (Lipinski definition) is 1. The maximum absolute atomic E-state index is 12.7. The fourth-order valence-electron chi connectivity index (χ4n) is 3.02. The van der Waals surface area contributed by atoms with Crippen LogP contribution >= 0.6 is 15.9 Å². The Bertz CT molecular complexity index is 1240. The van der Waals surface area contributed by atoms with Crippen molar-refractivity contribution in [2.24, 2.45) is 0 Å². The van der Waals surface area contributed by atoms with Crippen LogP contribution in [-0.4, -0.2) is 18.5 Å². The van der Waals surface area contributed by atoms with Gasteiger partial charge in [-0.05, 0) is 68.0 Å². The molecule has 0 spiro atoms. The Kier molecular flexibility index (Phi) is 8.60. The number of aryl methyl sites for hydroxylation is 1. The molecule has 0 saturated heterocycles. The van der Waals surface area contributed by atoms with Gasteiger partial charge >= 0.3 is 5.97 Å². The van der Waals surface area contributed by atoms with Crippen LogP contribution in [0.4, 0.5) is 5.69 Å². The number of nitrogens with one attached hydrogen (secondary N) is 1. The Labute approximate surface area is 207 Å². The number of halogens is 1. The molecular formula is C27H23BrN2O4. The normalized spacial score (nSPS) is 10.8. The lowest BCUT2D eigenvalue weighted by atomic mass is 10.1. The summed E-state index contributed by atoms with van der Waals surface area (Å²) < 4.78 is 11.7. The summed E-state index contributed by atoms with van der Waals surface area (Å²) in [6.07, 6.45) is 1.48. The van der Waals surface area contributed by atoms with E-state index in [9.17, 15) is 14.9 Å². The van der Waals surface area contributed by atoms with E-state index >= 15 is 0 Å². The van der Waals surface area contributed by atoms with Gasteiger partial charge in [-0.1, -0.05) is 45.8 Å². The van der Waals surface area contributed by atoms with Crippen molar-refractivity contribution in [3.63, 3.8) is 0 Å². The highest BCUT2D eigenvalue weighted by Gasteiger charge is 2.13. The summed E-state index contributed by atoms with van der Waals surface area (Å²) in [4.78, 5) is 24.5. The molecule has 0 aliphatic rings. The van der Waals surface area contributed by atoms with Crippen LogP contribution in [0.25, 0.3) is 6.08 Å². The zero-order chi connectivity index (χ0) is 24.5. The van der Waals surface area contributed by atoms with E-state index in [1.165, 1.54) is 6.08 Å². The Morgan fingerprint density at radius 2 is 1.76 bits per heavy atom. The van der Waals surface area contributed by atoms with Gasteiger partial charge in [-0.3, -0.25) is 4.79 Å². The fraction of sp³-hybridized carbons (Fsp3) is 0.148. The van der Waals surface area contributed by atoms with Crippen LogP contribution in [0.15, 0.2) is 76.8 Å². The third-order valence-electron chi connectivity index (χ3n) is 4.81. The standard InChI is InChI=1S/C27H23BrN2O4/c1-3-33-27(32)20-8-11-24(12-9-20)30-26(31)22(16-29)14-21-15-23(28)10-13-25(21)34-17-19-6-4-18(2)5-7-19/h4-15H,3,17H2,1-2H3,(H,30,31)/b22-14+. The minimum absolute atomic E-state index is 0.0900. The van der Waals surface area contributed by atoms with Crippen molar-refractivity contribution in [1.82, 2.24) is 0 Å². The second kappa shape index (κ2) is 11.8. The molecule has 7 heteroatoms. The molecule has 1 N–H and O–H groups in total. The maximum atomic E-state index is 12.7. The van der Waals surface area contributed by atoms with E-state index in [0.717, 1.165) is 15.6 Å². The van der Waals surface area contributed by atoms with Gasteiger partial charge < -0.3 is 14.8 Å². The number of rotatable bonds is 8. The van der Waals surface area contributed by atoms with Gasteiger partial charge in [0.2, 0.25) is 0 Å². The lowest BCUT2D eigenvalue weighted by molar-refractivity contribution is -0.112. The maximum Gasteiger partial charge on any atom is 0.338 e. The molecule has 0 radical (unpaired) electrons. The van der Waals surface area contributed by atoms with Crippen molar-refractivity contribution in [2.45, 2.75) is 20.5 Å². The van der Waals surface area contributed by atoms with Crippen LogP contribution in [0, 0.1) is 18.3 Å². The molecule has 34 heavy (non-hydrogen) atoms. The molecular weight excluding hydrogens is 496 g/mol. The molecule has 0 saturated carbocycles. The highest BCUT2D eigenvalue weighted by molar-refractivity contribution is 9.10. The molecule has 172 valence electrons. The summed E-state index contributed by atoms with van der Waals surface area (Å²) >= 11 is 3.43. The predicted molar refractivity (Wildman–Crippen MR) is 134 cm³/mol. The summed E-state index contributed by atoms with van der Waals surface area (Å²) in [6.45, 7) is 4.38. The molecule has 1 amide bonds. The van der Waals surface area contributed by atoms with Crippen molar-refractivity contribution < 1.29 is 19.1 Å². The van der Waals surface area contributed by atoms with Gasteiger partial charge in [0, 0.05) is 15.7 Å². The number of amides is 1. The minimum Gasteiger partial charge on any atom is -0.488 e. The van der Waals surface area contributed by atoms with Crippen LogP contribution < -0.4 is 10.1 Å².